The number of hydrogen-bond donors (Lipinski definition) is 0. The molecule has 2 aromatic heterocycles. The SMILES string of the molecule is c1ccc2c(c1)ccc1scnc12.c1ccc2nccnc2c1. The molecule has 0 N–H and O–H groups in total. The van der Waals surface area contributed by atoms with E-state index in [-0.39, 0.29) is 0 Å². The summed E-state index contributed by atoms with van der Waals surface area (Å²) in [4.78, 5) is 12.6. The summed E-state index contributed by atoms with van der Waals surface area (Å²) in [7, 11) is 0. The van der Waals surface area contributed by atoms with Gasteiger partial charge in [-0.25, -0.2) is 4.98 Å². The largest absolute Gasteiger partial charge is 0.253 e. The maximum Gasteiger partial charge on any atom is 0.0890 e. The Labute approximate surface area is 137 Å². The quantitative estimate of drug-likeness (QED) is 0.400. The second kappa shape index (κ2) is 6.10. The normalized spacial score (nSPS) is 10.6. The summed E-state index contributed by atoms with van der Waals surface area (Å²) in [5.74, 6) is 0. The number of para-hydroxylation sites is 2. The molecule has 5 aromatic rings. The van der Waals surface area contributed by atoms with E-state index in [0.717, 1.165) is 16.6 Å². The first kappa shape index (κ1) is 13.8. The van der Waals surface area contributed by atoms with Crippen LogP contribution < -0.4 is 0 Å². The van der Waals surface area contributed by atoms with E-state index in [1.165, 1.54) is 15.5 Å². The first-order valence-electron chi connectivity index (χ1n) is 7.28. The molecule has 0 saturated carbocycles. The van der Waals surface area contributed by atoms with Crippen LogP contribution in [-0.2, 0) is 0 Å². The summed E-state index contributed by atoms with van der Waals surface area (Å²) in [6, 6.07) is 20.4. The lowest BCUT2D eigenvalue weighted by Crippen LogP contribution is -1.78. The van der Waals surface area contributed by atoms with E-state index in [1.807, 2.05) is 29.8 Å². The average molecular weight is 315 g/mol. The van der Waals surface area contributed by atoms with E-state index in [1.54, 1.807) is 23.7 Å². The number of fused-ring (bicyclic) bond motifs is 4. The van der Waals surface area contributed by atoms with Crippen LogP contribution in [-0.4, -0.2) is 15.0 Å². The molecule has 3 nitrogen and oxygen atoms in total. The van der Waals surface area contributed by atoms with Crippen molar-refractivity contribution in [1.82, 2.24) is 15.0 Å². The Bertz CT molecular complexity index is 1020. The molecule has 0 atom stereocenters. The first-order chi connectivity index (χ1) is 11.4. The van der Waals surface area contributed by atoms with Gasteiger partial charge in [-0.2, -0.15) is 0 Å². The number of nitrogens with zero attached hydrogens (tertiary/aromatic N) is 3. The van der Waals surface area contributed by atoms with Crippen LogP contribution in [0.5, 0.6) is 0 Å². The summed E-state index contributed by atoms with van der Waals surface area (Å²) < 4.78 is 1.26. The highest BCUT2D eigenvalue weighted by Gasteiger charge is 2.00. The van der Waals surface area contributed by atoms with Gasteiger partial charge in [0.1, 0.15) is 0 Å². The van der Waals surface area contributed by atoms with E-state index in [2.05, 4.69) is 51.4 Å². The molecular formula is C19H13N3S. The number of aromatic nitrogens is 3. The van der Waals surface area contributed by atoms with Gasteiger partial charge in [-0.1, -0.05) is 42.5 Å². The van der Waals surface area contributed by atoms with Gasteiger partial charge in [0, 0.05) is 17.8 Å². The van der Waals surface area contributed by atoms with Crippen LogP contribution in [0, 0.1) is 0 Å². The molecule has 3 aromatic carbocycles. The van der Waals surface area contributed by atoms with E-state index in [9.17, 15) is 0 Å². The van der Waals surface area contributed by atoms with Crippen LogP contribution in [0.1, 0.15) is 0 Å². The first-order valence-corrected chi connectivity index (χ1v) is 8.16. The lowest BCUT2D eigenvalue weighted by atomic mass is 10.1. The summed E-state index contributed by atoms with van der Waals surface area (Å²) in [5, 5.41) is 2.52. The van der Waals surface area contributed by atoms with Crippen molar-refractivity contribution in [1.29, 1.82) is 0 Å². The van der Waals surface area contributed by atoms with Crippen molar-refractivity contribution in [2.45, 2.75) is 0 Å². The number of hydrogen-bond acceptors (Lipinski definition) is 4. The third-order valence-electron chi connectivity index (χ3n) is 3.60. The zero-order chi connectivity index (χ0) is 15.5. The number of benzene rings is 3. The van der Waals surface area contributed by atoms with Crippen molar-refractivity contribution in [3.05, 3.63) is 78.6 Å². The molecule has 0 aliphatic rings. The van der Waals surface area contributed by atoms with Gasteiger partial charge >= 0.3 is 0 Å². The lowest BCUT2D eigenvalue weighted by molar-refractivity contribution is 1.29. The van der Waals surface area contributed by atoms with Gasteiger partial charge in [-0.3, -0.25) is 9.97 Å². The molecule has 0 fully saturated rings. The second-order valence-corrected chi connectivity index (χ2v) is 5.92. The smallest absolute Gasteiger partial charge is 0.0890 e. The minimum absolute atomic E-state index is 0.949. The molecule has 0 saturated heterocycles. The standard InChI is InChI=1S/C11H7NS.C8H6N2/c1-2-4-9-8(3-1)5-6-10-11(9)12-7-13-10;1-2-4-8-7(3-1)9-5-6-10-8/h1-7H;1-6H. The Morgan fingerprint density at radius 1 is 0.652 bits per heavy atom. The monoisotopic (exact) mass is 315 g/mol. The van der Waals surface area contributed by atoms with E-state index >= 15 is 0 Å². The minimum atomic E-state index is 0.949. The van der Waals surface area contributed by atoms with Gasteiger partial charge < -0.3 is 0 Å². The second-order valence-electron chi connectivity index (χ2n) is 5.03. The van der Waals surface area contributed by atoms with Gasteiger partial charge in [0.2, 0.25) is 0 Å². The Morgan fingerprint density at radius 3 is 2.13 bits per heavy atom. The van der Waals surface area contributed by atoms with E-state index in [0.29, 0.717) is 0 Å². The van der Waals surface area contributed by atoms with Crippen LogP contribution in [0.15, 0.2) is 78.6 Å². The van der Waals surface area contributed by atoms with Gasteiger partial charge in [-0.05, 0) is 23.6 Å². The van der Waals surface area contributed by atoms with Crippen molar-refractivity contribution in [2.75, 3.05) is 0 Å². The minimum Gasteiger partial charge on any atom is -0.253 e. The van der Waals surface area contributed by atoms with E-state index in [4.69, 9.17) is 0 Å². The molecule has 0 radical (unpaired) electrons. The topological polar surface area (TPSA) is 38.7 Å². The Morgan fingerprint density at radius 2 is 1.35 bits per heavy atom. The molecule has 110 valence electrons. The maximum atomic E-state index is 4.37. The molecule has 4 heteroatoms. The van der Waals surface area contributed by atoms with Crippen molar-refractivity contribution in [3.8, 4) is 0 Å². The van der Waals surface area contributed by atoms with Gasteiger partial charge in [0.15, 0.2) is 0 Å². The fourth-order valence-electron chi connectivity index (χ4n) is 2.51. The third-order valence-corrected chi connectivity index (χ3v) is 4.39. The van der Waals surface area contributed by atoms with Gasteiger partial charge in [0.05, 0.1) is 26.8 Å². The highest BCUT2D eigenvalue weighted by atomic mass is 32.1. The van der Waals surface area contributed by atoms with Crippen LogP contribution in [0.2, 0.25) is 0 Å². The fourth-order valence-corrected chi connectivity index (χ4v) is 3.20. The highest BCUT2D eigenvalue weighted by Crippen LogP contribution is 2.26. The maximum absolute atomic E-state index is 4.37. The summed E-state index contributed by atoms with van der Waals surface area (Å²) in [6.07, 6.45) is 3.39. The molecule has 0 bridgehead atoms. The highest BCUT2D eigenvalue weighted by molar-refractivity contribution is 7.16. The molecule has 0 aliphatic heterocycles. The van der Waals surface area contributed by atoms with Crippen molar-refractivity contribution in [3.63, 3.8) is 0 Å². The summed E-state index contributed by atoms with van der Waals surface area (Å²) >= 11 is 1.69. The van der Waals surface area contributed by atoms with Crippen LogP contribution in [0.25, 0.3) is 32.0 Å². The summed E-state index contributed by atoms with van der Waals surface area (Å²) in [5.41, 5.74) is 4.93. The molecule has 0 amide bonds. The van der Waals surface area contributed by atoms with Gasteiger partial charge in [-0.15, -0.1) is 11.3 Å². The predicted molar refractivity (Wildman–Crippen MR) is 96.7 cm³/mol. The molecular weight excluding hydrogens is 302 g/mol. The third kappa shape index (κ3) is 2.76. The van der Waals surface area contributed by atoms with Gasteiger partial charge in [0.25, 0.3) is 0 Å². The number of thiazole rings is 1. The molecule has 23 heavy (non-hydrogen) atoms. The average Bonchev–Trinajstić information content (AvgIpc) is 3.12. The zero-order valence-electron chi connectivity index (χ0n) is 12.3. The molecule has 2 heterocycles. The molecule has 0 unspecified atom stereocenters. The predicted octanol–water partition coefficient (Wildman–Crippen LogP) is 5.08. The van der Waals surface area contributed by atoms with Crippen LogP contribution >= 0.6 is 11.3 Å². The Balaban J connectivity index is 0.000000122. The lowest BCUT2D eigenvalue weighted by Gasteiger charge is -1.96. The van der Waals surface area contributed by atoms with E-state index < -0.39 is 0 Å². The summed E-state index contributed by atoms with van der Waals surface area (Å²) in [6.45, 7) is 0. The molecule has 0 spiro atoms. The Kier molecular flexibility index (Phi) is 3.66. The number of rotatable bonds is 0. The fraction of sp³-hybridized carbons (Fsp3) is 0. The van der Waals surface area contributed by atoms with Crippen molar-refractivity contribution < 1.29 is 0 Å². The van der Waals surface area contributed by atoms with Crippen LogP contribution in [0.4, 0.5) is 0 Å². The Hall–Kier alpha value is -2.85. The van der Waals surface area contributed by atoms with Crippen LogP contribution in [0.3, 0.4) is 0 Å². The zero-order valence-corrected chi connectivity index (χ0v) is 13.1. The van der Waals surface area contributed by atoms with Crippen molar-refractivity contribution in [2.24, 2.45) is 0 Å². The van der Waals surface area contributed by atoms with Crippen molar-refractivity contribution >= 4 is 43.4 Å². The molecule has 0 aliphatic carbocycles. The molecule has 5 rings (SSSR count).